The highest BCUT2D eigenvalue weighted by Gasteiger charge is 2.09. The number of aromatic hydroxyl groups is 1. The van der Waals surface area contributed by atoms with Gasteiger partial charge in [0.25, 0.3) is 0 Å². The third-order valence-corrected chi connectivity index (χ3v) is 3.49. The van der Waals surface area contributed by atoms with Gasteiger partial charge in [0.05, 0.1) is 11.4 Å². The van der Waals surface area contributed by atoms with Crippen LogP contribution < -0.4 is 10.2 Å². The Morgan fingerprint density at radius 3 is 2.74 bits per heavy atom. The van der Waals surface area contributed by atoms with E-state index in [0.29, 0.717) is 5.69 Å². The number of aromatic nitrogens is 1. The molecule has 5 nitrogen and oxygen atoms in total. The summed E-state index contributed by atoms with van der Waals surface area (Å²) in [5, 5.41) is 15.1. The van der Waals surface area contributed by atoms with Crippen LogP contribution in [0.5, 0.6) is 5.75 Å². The zero-order valence-electron chi connectivity index (χ0n) is 11.0. The van der Waals surface area contributed by atoms with E-state index in [1.807, 2.05) is 24.4 Å². The number of benzene rings is 1. The molecule has 1 aromatic carbocycles. The number of amides is 1. The summed E-state index contributed by atoms with van der Waals surface area (Å²) in [4.78, 5) is 17.5. The van der Waals surface area contributed by atoms with Crippen molar-refractivity contribution in [3.63, 3.8) is 0 Å². The first-order valence-corrected chi connectivity index (χ1v) is 6.59. The first-order chi connectivity index (χ1) is 8.97. The van der Waals surface area contributed by atoms with E-state index in [9.17, 15) is 9.90 Å². The fourth-order valence-electron chi connectivity index (χ4n) is 1.59. The number of rotatable bonds is 3. The highest BCUT2D eigenvalue weighted by atomic mass is 32.1. The van der Waals surface area contributed by atoms with Gasteiger partial charge in [-0.05, 0) is 18.2 Å². The molecule has 0 aliphatic carbocycles. The van der Waals surface area contributed by atoms with E-state index in [1.54, 1.807) is 29.5 Å². The molecule has 2 rings (SSSR count). The third-order valence-electron chi connectivity index (χ3n) is 2.48. The molecule has 1 amide bonds. The second kappa shape index (κ2) is 5.27. The first-order valence-electron chi connectivity index (χ1n) is 5.71. The SMILES string of the molecule is CC(=O)Nc1cc(-c2csc(N(C)C)n2)ccc1O. The number of carbonyl (C=O) groups is 1. The van der Waals surface area contributed by atoms with Gasteiger partial charge in [-0.15, -0.1) is 11.3 Å². The number of nitrogens with zero attached hydrogens (tertiary/aromatic N) is 2. The normalized spacial score (nSPS) is 10.3. The van der Waals surface area contributed by atoms with Crippen LogP contribution in [0.1, 0.15) is 6.92 Å². The molecule has 0 atom stereocenters. The third kappa shape index (κ3) is 3.03. The highest BCUT2D eigenvalue weighted by molar-refractivity contribution is 7.14. The average molecular weight is 277 g/mol. The summed E-state index contributed by atoms with van der Waals surface area (Å²) in [6.07, 6.45) is 0. The van der Waals surface area contributed by atoms with Crippen LogP contribution in [0.25, 0.3) is 11.3 Å². The van der Waals surface area contributed by atoms with Crippen LogP contribution in [0.3, 0.4) is 0 Å². The highest BCUT2D eigenvalue weighted by Crippen LogP contribution is 2.32. The van der Waals surface area contributed by atoms with Gasteiger partial charge in [-0.25, -0.2) is 4.98 Å². The Morgan fingerprint density at radius 1 is 1.42 bits per heavy atom. The quantitative estimate of drug-likeness (QED) is 0.846. The van der Waals surface area contributed by atoms with Crippen molar-refractivity contribution in [2.75, 3.05) is 24.3 Å². The first kappa shape index (κ1) is 13.4. The standard InChI is InChI=1S/C13H15N3O2S/c1-8(17)14-10-6-9(4-5-12(10)18)11-7-19-13(15-11)16(2)3/h4-7,18H,1-3H3,(H,14,17). The van der Waals surface area contributed by atoms with Gasteiger partial charge >= 0.3 is 0 Å². The van der Waals surface area contributed by atoms with Crippen molar-refractivity contribution in [2.45, 2.75) is 6.92 Å². The molecule has 0 saturated heterocycles. The van der Waals surface area contributed by atoms with Crippen LogP contribution in [0.4, 0.5) is 10.8 Å². The molecule has 2 aromatic rings. The fraction of sp³-hybridized carbons (Fsp3) is 0.231. The van der Waals surface area contributed by atoms with Gasteiger partial charge in [0.2, 0.25) is 5.91 Å². The summed E-state index contributed by atoms with van der Waals surface area (Å²) in [7, 11) is 3.87. The van der Waals surface area contributed by atoms with E-state index in [0.717, 1.165) is 16.4 Å². The molecule has 6 heteroatoms. The van der Waals surface area contributed by atoms with Crippen LogP contribution in [-0.2, 0) is 4.79 Å². The minimum atomic E-state index is -0.222. The maximum Gasteiger partial charge on any atom is 0.221 e. The lowest BCUT2D eigenvalue weighted by Crippen LogP contribution is -2.07. The molecule has 100 valence electrons. The molecular weight excluding hydrogens is 262 g/mol. The zero-order valence-corrected chi connectivity index (χ0v) is 11.8. The number of thiazole rings is 1. The lowest BCUT2D eigenvalue weighted by atomic mass is 10.1. The van der Waals surface area contributed by atoms with E-state index in [2.05, 4.69) is 10.3 Å². The van der Waals surface area contributed by atoms with E-state index >= 15 is 0 Å². The van der Waals surface area contributed by atoms with Crippen molar-refractivity contribution >= 4 is 28.1 Å². The Labute approximate surface area is 115 Å². The molecule has 0 saturated carbocycles. The Hall–Kier alpha value is -2.08. The average Bonchev–Trinajstić information content (AvgIpc) is 2.81. The van der Waals surface area contributed by atoms with Gasteiger partial charge in [0.15, 0.2) is 5.13 Å². The Balaban J connectivity index is 2.36. The Bertz CT molecular complexity index is 608. The van der Waals surface area contributed by atoms with Crippen LogP contribution in [-0.4, -0.2) is 30.1 Å². The molecule has 0 aliphatic rings. The molecular formula is C13H15N3O2S. The molecule has 0 radical (unpaired) electrons. The predicted octanol–water partition coefficient (Wildman–Crippen LogP) is 2.54. The maximum atomic E-state index is 11.1. The fourth-order valence-corrected chi connectivity index (χ4v) is 2.36. The van der Waals surface area contributed by atoms with Crippen molar-refractivity contribution in [1.29, 1.82) is 0 Å². The number of hydrogen-bond acceptors (Lipinski definition) is 5. The van der Waals surface area contributed by atoms with Crippen LogP contribution >= 0.6 is 11.3 Å². The Kier molecular flexibility index (Phi) is 3.71. The summed E-state index contributed by atoms with van der Waals surface area (Å²) >= 11 is 1.54. The number of phenolic OH excluding ortho intramolecular Hbond substituents is 1. The van der Waals surface area contributed by atoms with Gasteiger partial charge in [-0.1, -0.05) is 0 Å². The lowest BCUT2D eigenvalue weighted by Gasteiger charge is -2.07. The number of phenols is 1. The van der Waals surface area contributed by atoms with Crippen molar-refractivity contribution in [3.05, 3.63) is 23.6 Å². The topological polar surface area (TPSA) is 65.5 Å². The van der Waals surface area contributed by atoms with E-state index < -0.39 is 0 Å². The maximum absolute atomic E-state index is 11.1. The Morgan fingerprint density at radius 2 is 2.16 bits per heavy atom. The van der Waals surface area contributed by atoms with Crippen molar-refractivity contribution in [2.24, 2.45) is 0 Å². The number of carbonyl (C=O) groups excluding carboxylic acids is 1. The summed E-state index contributed by atoms with van der Waals surface area (Å²) in [6, 6.07) is 5.04. The molecule has 0 unspecified atom stereocenters. The molecule has 1 aromatic heterocycles. The second-order valence-electron chi connectivity index (χ2n) is 4.32. The summed E-state index contributed by atoms with van der Waals surface area (Å²) in [6.45, 7) is 1.40. The van der Waals surface area contributed by atoms with Gasteiger partial charge < -0.3 is 15.3 Å². The van der Waals surface area contributed by atoms with Gasteiger partial charge in [-0.2, -0.15) is 0 Å². The van der Waals surface area contributed by atoms with Gasteiger partial charge in [-0.3, -0.25) is 4.79 Å². The van der Waals surface area contributed by atoms with Crippen LogP contribution in [0, 0.1) is 0 Å². The van der Waals surface area contributed by atoms with Crippen molar-refractivity contribution in [1.82, 2.24) is 4.98 Å². The molecule has 0 spiro atoms. The minimum absolute atomic E-state index is 0.0435. The van der Waals surface area contributed by atoms with E-state index in [1.165, 1.54) is 6.92 Å². The molecule has 0 aliphatic heterocycles. The number of hydrogen-bond donors (Lipinski definition) is 2. The van der Waals surface area contributed by atoms with E-state index in [4.69, 9.17) is 0 Å². The van der Waals surface area contributed by atoms with Gasteiger partial charge in [0.1, 0.15) is 5.75 Å². The molecule has 2 N–H and O–H groups in total. The molecule has 1 heterocycles. The molecule has 0 fully saturated rings. The van der Waals surface area contributed by atoms with Crippen molar-refractivity contribution < 1.29 is 9.90 Å². The van der Waals surface area contributed by atoms with Crippen LogP contribution in [0.2, 0.25) is 0 Å². The van der Waals surface area contributed by atoms with E-state index in [-0.39, 0.29) is 11.7 Å². The number of nitrogens with one attached hydrogen (secondary N) is 1. The molecule has 0 bridgehead atoms. The monoisotopic (exact) mass is 277 g/mol. The summed E-state index contributed by atoms with van der Waals surface area (Å²) in [5.41, 5.74) is 2.07. The zero-order chi connectivity index (χ0) is 14.0. The van der Waals surface area contributed by atoms with Gasteiger partial charge in [0, 0.05) is 32.0 Å². The largest absolute Gasteiger partial charge is 0.506 e. The summed E-state index contributed by atoms with van der Waals surface area (Å²) in [5.74, 6) is -0.179. The summed E-state index contributed by atoms with van der Waals surface area (Å²) < 4.78 is 0. The van der Waals surface area contributed by atoms with Crippen LogP contribution in [0.15, 0.2) is 23.6 Å². The number of anilines is 2. The predicted molar refractivity (Wildman–Crippen MR) is 77.8 cm³/mol. The van der Waals surface area contributed by atoms with Crippen molar-refractivity contribution in [3.8, 4) is 17.0 Å². The smallest absolute Gasteiger partial charge is 0.221 e. The second-order valence-corrected chi connectivity index (χ2v) is 5.16. The molecule has 19 heavy (non-hydrogen) atoms. The lowest BCUT2D eigenvalue weighted by molar-refractivity contribution is -0.114. The minimum Gasteiger partial charge on any atom is -0.506 e.